The average molecular weight is 523 g/mol. The summed E-state index contributed by atoms with van der Waals surface area (Å²) in [5.74, 6) is -4.40. The molecule has 2 spiro atoms. The maximum Gasteiger partial charge on any atom is 0.251 e. The second-order valence-electron chi connectivity index (χ2n) is 11.2. The lowest BCUT2D eigenvalue weighted by Gasteiger charge is -2.56. The average Bonchev–Trinajstić information content (AvgIpc) is 3.59. The van der Waals surface area contributed by atoms with E-state index in [2.05, 4.69) is 0 Å². The number of rotatable bonds is 3. The molecular weight excluding hydrogens is 488 g/mol. The second-order valence-corrected chi connectivity index (χ2v) is 11.2. The topological polar surface area (TPSA) is 73.8 Å². The van der Waals surface area contributed by atoms with Gasteiger partial charge in [0, 0.05) is 24.0 Å². The molecule has 4 bridgehead atoms. The number of hydrogen-bond acceptors (Lipinski definition) is 8. The summed E-state index contributed by atoms with van der Waals surface area (Å²) in [7, 11) is 0. The van der Waals surface area contributed by atoms with Gasteiger partial charge in [-0.25, -0.2) is 0 Å². The molecular formula is C30H34O8. The van der Waals surface area contributed by atoms with Gasteiger partial charge in [0.05, 0.1) is 26.4 Å². The molecule has 0 amide bonds. The van der Waals surface area contributed by atoms with Gasteiger partial charge in [0.15, 0.2) is 0 Å². The lowest BCUT2D eigenvalue weighted by molar-refractivity contribution is -0.480. The molecule has 0 aliphatic carbocycles. The Balaban J connectivity index is 1.18. The van der Waals surface area contributed by atoms with Gasteiger partial charge in [-0.3, -0.25) is 0 Å². The fraction of sp³-hybridized carbons (Fsp3) is 0.600. The highest BCUT2D eigenvalue weighted by Crippen LogP contribution is 2.59. The summed E-state index contributed by atoms with van der Waals surface area (Å²) < 4.78 is 53.8. The minimum absolute atomic E-state index is 0.356. The Morgan fingerprint density at radius 2 is 0.947 bits per heavy atom. The Morgan fingerprint density at radius 3 is 1.34 bits per heavy atom. The van der Waals surface area contributed by atoms with Crippen LogP contribution in [0.3, 0.4) is 0 Å². The molecule has 6 heterocycles. The summed E-state index contributed by atoms with van der Waals surface area (Å²) in [4.78, 5) is 0. The molecule has 2 aromatic carbocycles. The third kappa shape index (κ3) is 3.20. The lowest BCUT2D eigenvalue weighted by atomic mass is 9.87. The summed E-state index contributed by atoms with van der Waals surface area (Å²) in [6, 6.07) is 20.1. The van der Waals surface area contributed by atoms with E-state index in [1.807, 2.05) is 60.7 Å². The van der Waals surface area contributed by atoms with Crippen molar-refractivity contribution in [1.29, 1.82) is 0 Å². The molecule has 8 heteroatoms. The van der Waals surface area contributed by atoms with Gasteiger partial charge >= 0.3 is 0 Å². The van der Waals surface area contributed by atoms with E-state index in [1.54, 1.807) is 0 Å². The largest absolute Gasteiger partial charge is 0.345 e. The van der Waals surface area contributed by atoms with Crippen LogP contribution in [0, 0.1) is 0 Å². The van der Waals surface area contributed by atoms with Crippen molar-refractivity contribution in [3.63, 3.8) is 0 Å². The molecule has 6 saturated heterocycles. The van der Waals surface area contributed by atoms with Crippen molar-refractivity contribution in [1.82, 2.24) is 0 Å². The maximum absolute atomic E-state index is 7.03. The van der Waals surface area contributed by atoms with Gasteiger partial charge in [0.1, 0.15) is 24.4 Å². The highest BCUT2D eigenvalue weighted by molar-refractivity contribution is 5.28. The van der Waals surface area contributed by atoms with Crippen molar-refractivity contribution in [2.24, 2.45) is 0 Å². The monoisotopic (exact) mass is 522 g/mol. The number of benzene rings is 2. The molecule has 0 radical (unpaired) electrons. The quantitative estimate of drug-likeness (QED) is 0.596. The van der Waals surface area contributed by atoms with E-state index in [0.717, 1.165) is 36.8 Å². The predicted octanol–water partition coefficient (Wildman–Crippen LogP) is 4.11. The summed E-state index contributed by atoms with van der Waals surface area (Å²) in [5, 5.41) is 0. The van der Waals surface area contributed by atoms with Crippen LogP contribution in [0.15, 0.2) is 60.7 Å². The van der Waals surface area contributed by atoms with E-state index in [1.165, 1.54) is 0 Å². The molecule has 6 fully saturated rings. The molecule has 202 valence electrons. The van der Waals surface area contributed by atoms with Crippen LogP contribution in [0.1, 0.15) is 49.7 Å². The highest BCUT2D eigenvalue weighted by atomic mass is 16.9. The van der Waals surface area contributed by atoms with Crippen molar-refractivity contribution in [3.8, 4) is 0 Å². The van der Waals surface area contributed by atoms with Gasteiger partial charge in [0.25, 0.3) is 11.6 Å². The van der Waals surface area contributed by atoms with Crippen LogP contribution in [-0.4, -0.2) is 62.4 Å². The van der Waals surface area contributed by atoms with E-state index < -0.39 is 35.4 Å². The highest BCUT2D eigenvalue weighted by Gasteiger charge is 2.73. The van der Waals surface area contributed by atoms with Crippen LogP contribution in [0.5, 0.6) is 0 Å². The summed E-state index contributed by atoms with van der Waals surface area (Å²) in [6.07, 6.45) is 3.52. The Morgan fingerprint density at radius 1 is 0.500 bits per heavy atom. The molecule has 8 rings (SSSR count). The van der Waals surface area contributed by atoms with Gasteiger partial charge < -0.3 is 37.9 Å². The van der Waals surface area contributed by atoms with Crippen molar-refractivity contribution < 1.29 is 37.9 Å². The van der Waals surface area contributed by atoms with Crippen LogP contribution < -0.4 is 0 Å². The zero-order valence-corrected chi connectivity index (χ0v) is 21.4. The Labute approximate surface area is 222 Å². The summed E-state index contributed by atoms with van der Waals surface area (Å²) in [6.45, 7) is 1.90. The standard InChI is InChI=1S/C30H34O8/c1-3-11-21(12-4-1)29-27(15-7-9-17-31-27)37-25(23(35-29)19-33-29)26-24-20-34-30(36-24,22-13-5-2-6-14-22)28(38-26)16-8-10-18-32-28/h1-6,11-14,23-26H,7-10,15-20H2/t23-,24-,25+,26+,27-,28-,29-,30-/m1/s1. The fourth-order valence-corrected chi connectivity index (χ4v) is 7.29. The van der Waals surface area contributed by atoms with Gasteiger partial charge in [-0.2, -0.15) is 0 Å². The summed E-state index contributed by atoms with van der Waals surface area (Å²) >= 11 is 0. The Hall–Kier alpha value is -1.88. The summed E-state index contributed by atoms with van der Waals surface area (Å²) in [5.41, 5.74) is 1.81. The minimum atomic E-state index is -1.12. The van der Waals surface area contributed by atoms with Crippen LogP contribution in [0.2, 0.25) is 0 Å². The van der Waals surface area contributed by atoms with Crippen LogP contribution in [0.4, 0.5) is 0 Å². The van der Waals surface area contributed by atoms with Crippen molar-refractivity contribution in [2.45, 2.75) is 86.1 Å². The zero-order chi connectivity index (χ0) is 25.3. The van der Waals surface area contributed by atoms with Gasteiger partial charge in [-0.15, -0.1) is 0 Å². The molecule has 2 aromatic rings. The van der Waals surface area contributed by atoms with Gasteiger partial charge in [-0.1, -0.05) is 60.7 Å². The van der Waals surface area contributed by atoms with Crippen molar-refractivity contribution in [2.75, 3.05) is 26.4 Å². The van der Waals surface area contributed by atoms with Crippen LogP contribution in [0.25, 0.3) is 0 Å². The molecule has 8 atom stereocenters. The first kappa shape index (κ1) is 24.0. The Bertz CT molecular complexity index is 1060. The van der Waals surface area contributed by atoms with Gasteiger partial charge in [-0.05, 0) is 25.7 Å². The molecule has 38 heavy (non-hydrogen) atoms. The van der Waals surface area contributed by atoms with Crippen LogP contribution in [-0.2, 0) is 49.5 Å². The normalized spacial score (nSPS) is 46.0. The van der Waals surface area contributed by atoms with E-state index in [9.17, 15) is 0 Å². The van der Waals surface area contributed by atoms with E-state index in [0.29, 0.717) is 39.3 Å². The van der Waals surface area contributed by atoms with E-state index in [-0.39, 0.29) is 12.2 Å². The molecule has 6 aliphatic rings. The molecule has 6 aliphatic heterocycles. The molecule has 8 nitrogen and oxygen atoms in total. The molecule has 0 saturated carbocycles. The number of ether oxygens (including phenoxy) is 8. The fourth-order valence-electron chi connectivity index (χ4n) is 7.29. The Kier molecular flexibility index (Phi) is 5.56. The third-order valence-electron chi connectivity index (χ3n) is 9.03. The first-order valence-corrected chi connectivity index (χ1v) is 14.1. The SMILES string of the molecule is c1ccc([C@@]23OC[C@@H](O2)[C@@H]([C@H]2O[C@]4(CCCCO4)[C@]4(c5ccccc5)OC[C@H]2O4)O[C@]32CCCCO2)cc1. The predicted molar refractivity (Wildman–Crippen MR) is 133 cm³/mol. The first-order valence-electron chi connectivity index (χ1n) is 14.1. The minimum Gasteiger partial charge on any atom is -0.345 e. The van der Waals surface area contributed by atoms with E-state index in [4.69, 9.17) is 37.9 Å². The molecule has 0 N–H and O–H groups in total. The van der Waals surface area contributed by atoms with Crippen molar-refractivity contribution >= 4 is 0 Å². The maximum atomic E-state index is 7.03. The number of fused-ring (bicyclic) bond motifs is 6. The smallest absolute Gasteiger partial charge is 0.251 e. The molecule has 0 aromatic heterocycles. The third-order valence-corrected chi connectivity index (χ3v) is 9.03. The zero-order valence-electron chi connectivity index (χ0n) is 21.4. The molecule has 0 unspecified atom stereocenters. The lowest BCUT2D eigenvalue weighted by Crippen LogP contribution is -2.70. The number of hydrogen-bond donors (Lipinski definition) is 0. The van der Waals surface area contributed by atoms with Crippen molar-refractivity contribution in [3.05, 3.63) is 71.8 Å². The second kappa shape index (κ2) is 8.81. The van der Waals surface area contributed by atoms with E-state index >= 15 is 0 Å². The van der Waals surface area contributed by atoms with Crippen LogP contribution >= 0.6 is 0 Å². The van der Waals surface area contributed by atoms with Gasteiger partial charge in [0.2, 0.25) is 11.6 Å². The first-order chi connectivity index (χ1) is 18.7.